The maximum Gasteiger partial charge on any atom is 0.335 e. The minimum Gasteiger partial charge on any atom is -0.507 e. The Hall–Kier alpha value is -2.93. The smallest absolute Gasteiger partial charge is 0.335 e. The number of hydrazone groups is 1. The van der Waals surface area contributed by atoms with E-state index < -0.39 is 5.97 Å². The van der Waals surface area contributed by atoms with E-state index in [1.165, 1.54) is 18.3 Å². The number of nitrogens with zero attached hydrogens (tertiary/aromatic N) is 1. The third kappa shape index (κ3) is 4.52. The molecule has 2 aromatic carbocycles. The second-order valence-electron chi connectivity index (χ2n) is 4.72. The number of carboxylic acid groups (broad SMARTS) is 1. The Morgan fingerprint density at radius 3 is 2.74 bits per heavy atom. The number of nitrogens with one attached hydrogen (secondary N) is 2. The Bertz CT molecular complexity index is 775. The molecule has 4 N–H and O–H groups in total. The standard InChI is InChI=1S/C16H15N3O3S/c1-10-4-2-6-12(14(10)20)9-17-19-16(23)18-13-7-3-5-11(8-13)15(21)22/h2-9,20H,1H3,(H,21,22)(H2,18,19,23). The summed E-state index contributed by atoms with van der Waals surface area (Å²) in [6.07, 6.45) is 1.45. The fraction of sp³-hybridized carbons (Fsp3) is 0.0625. The number of para-hydroxylation sites is 1. The zero-order chi connectivity index (χ0) is 16.8. The van der Waals surface area contributed by atoms with Crippen molar-refractivity contribution in [3.63, 3.8) is 0 Å². The lowest BCUT2D eigenvalue weighted by molar-refractivity contribution is 0.0697. The summed E-state index contributed by atoms with van der Waals surface area (Å²) in [6, 6.07) is 11.6. The molecule has 2 aromatic rings. The van der Waals surface area contributed by atoms with E-state index in [1.807, 2.05) is 6.07 Å². The molecule has 0 aliphatic heterocycles. The zero-order valence-corrected chi connectivity index (χ0v) is 13.1. The fourth-order valence-corrected chi connectivity index (χ4v) is 2.01. The molecule has 0 saturated carbocycles. The van der Waals surface area contributed by atoms with Gasteiger partial charge in [-0.05, 0) is 49.0 Å². The van der Waals surface area contributed by atoms with Gasteiger partial charge in [0.1, 0.15) is 5.75 Å². The molecule has 0 amide bonds. The topological polar surface area (TPSA) is 94.0 Å². The molecule has 118 valence electrons. The zero-order valence-electron chi connectivity index (χ0n) is 12.3. The van der Waals surface area contributed by atoms with Crippen LogP contribution in [0, 0.1) is 6.92 Å². The number of hydrogen-bond donors (Lipinski definition) is 4. The van der Waals surface area contributed by atoms with Crippen molar-refractivity contribution in [2.75, 3.05) is 5.32 Å². The molecular weight excluding hydrogens is 314 g/mol. The van der Waals surface area contributed by atoms with E-state index in [4.69, 9.17) is 17.3 Å². The van der Waals surface area contributed by atoms with Crippen LogP contribution in [0.5, 0.6) is 5.75 Å². The molecule has 23 heavy (non-hydrogen) atoms. The molecule has 2 rings (SSSR count). The highest BCUT2D eigenvalue weighted by Crippen LogP contribution is 2.19. The minimum absolute atomic E-state index is 0.158. The Morgan fingerprint density at radius 1 is 1.26 bits per heavy atom. The van der Waals surface area contributed by atoms with Gasteiger partial charge in [0.25, 0.3) is 0 Å². The van der Waals surface area contributed by atoms with Crippen LogP contribution >= 0.6 is 12.2 Å². The summed E-state index contributed by atoms with van der Waals surface area (Å²) < 4.78 is 0. The molecule has 0 unspecified atom stereocenters. The van der Waals surface area contributed by atoms with Crippen LogP contribution in [0.15, 0.2) is 47.6 Å². The van der Waals surface area contributed by atoms with Gasteiger partial charge >= 0.3 is 5.97 Å². The number of aromatic hydroxyl groups is 1. The molecule has 0 atom stereocenters. The average Bonchev–Trinajstić information content (AvgIpc) is 2.51. The van der Waals surface area contributed by atoms with Gasteiger partial charge in [-0.2, -0.15) is 5.10 Å². The van der Waals surface area contributed by atoms with Crippen LogP contribution in [-0.4, -0.2) is 27.5 Å². The number of carbonyl (C=O) groups is 1. The van der Waals surface area contributed by atoms with Gasteiger partial charge in [-0.1, -0.05) is 18.2 Å². The Kier molecular flexibility index (Phi) is 5.27. The predicted molar refractivity (Wildman–Crippen MR) is 93.2 cm³/mol. The van der Waals surface area contributed by atoms with Crippen molar-refractivity contribution in [1.29, 1.82) is 0 Å². The fourth-order valence-electron chi connectivity index (χ4n) is 1.84. The first-order valence-corrected chi connectivity index (χ1v) is 7.10. The lowest BCUT2D eigenvalue weighted by Gasteiger charge is -2.07. The van der Waals surface area contributed by atoms with Crippen molar-refractivity contribution in [2.45, 2.75) is 6.92 Å². The number of hydrogen-bond acceptors (Lipinski definition) is 4. The van der Waals surface area contributed by atoms with Crippen LogP contribution in [-0.2, 0) is 0 Å². The predicted octanol–water partition coefficient (Wildman–Crippen LogP) is 2.72. The Morgan fingerprint density at radius 2 is 2.00 bits per heavy atom. The summed E-state index contributed by atoms with van der Waals surface area (Å²) in [6.45, 7) is 1.79. The molecule has 0 radical (unpaired) electrons. The number of benzene rings is 2. The van der Waals surface area contributed by atoms with Crippen molar-refractivity contribution in [3.05, 3.63) is 59.2 Å². The lowest BCUT2D eigenvalue weighted by Crippen LogP contribution is -2.24. The number of phenols is 1. The quantitative estimate of drug-likeness (QED) is 0.391. The first-order chi connectivity index (χ1) is 11.0. The van der Waals surface area contributed by atoms with Crippen LogP contribution in [0.2, 0.25) is 0 Å². The van der Waals surface area contributed by atoms with Crippen molar-refractivity contribution in [2.24, 2.45) is 5.10 Å². The molecular formula is C16H15N3O3S. The summed E-state index contributed by atoms with van der Waals surface area (Å²) in [4.78, 5) is 10.9. The summed E-state index contributed by atoms with van der Waals surface area (Å²) in [5, 5.41) is 25.8. The molecule has 0 spiro atoms. The van der Waals surface area contributed by atoms with Gasteiger partial charge in [0.15, 0.2) is 5.11 Å². The minimum atomic E-state index is -1.01. The Labute approximate surface area is 138 Å². The average molecular weight is 329 g/mol. The molecule has 0 fully saturated rings. The molecule has 6 nitrogen and oxygen atoms in total. The number of aryl methyl sites for hydroxylation is 1. The van der Waals surface area contributed by atoms with Crippen molar-refractivity contribution >= 4 is 35.2 Å². The monoisotopic (exact) mass is 329 g/mol. The van der Waals surface area contributed by atoms with E-state index in [2.05, 4.69) is 15.8 Å². The van der Waals surface area contributed by atoms with Crippen molar-refractivity contribution in [3.8, 4) is 5.75 Å². The highest BCUT2D eigenvalue weighted by molar-refractivity contribution is 7.80. The van der Waals surface area contributed by atoms with Crippen LogP contribution < -0.4 is 10.7 Å². The highest BCUT2D eigenvalue weighted by atomic mass is 32.1. The van der Waals surface area contributed by atoms with Crippen LogP contribution in [0.1, 0.15) is 21.5 Å². The van der Waals surface area contributed by atoms with Crippen LogP contribution in [0.4, 0.5) is 5.69 Å². The van der Waals surface area contributed by atoms with E-state index in [9.17, 15) is 9.90 Å². The summed E-state index contributed by atoms with van der Waals surface area (Å²) in [5.74, 6) is -0.855. The molecule has 7 heteroatoms. The number of carboxylic acids is 1. The van der Waals surface area contributed by atoms with Crippen LogP contribution in [0.25, 0.3) is 0 Å². The molecule has 0 bridgehead atoms. The maximum atomic E-state index is 10.9. The summed E-state index contributed by atoms with van der Waals surface area (Å²) in [7, 11) is 0. The lowest BCUT2D eigenvalue weighted by atomic mass is 10.1. The number of phenolic OH excluding ortho intramolecular Hbond substituents is 1. The Balaban J connectivity index is 1.97. The largest absolute Gasteiger partial charge is 0.507 e. The number of aromatic carboxylic acids is 1. The normalized spacial score (nSPS) is 10.5. The van der Waals surface area contributed by atoms with Crippen LogP contribution in [0.3, 0.4) is 0 Å². The number of rotatable bonds is 4. The second kappa shape index (κ2) is 7.37. The molecule has 0 saturated heterocycles. The summed E-state index contributed by atoms with van der Waals surface area (Å²) in [5.41, 5.74) is 4.62. The first-order valence-electron chi connectivity index (χ1n) is 6.69. The highest BCUT2D eigenvalue weighted by Gasteiger charge is 2.04. The second-order valence-corrected chi connectivity index (χ2v) is 5.13. The van der Waals surface area contributed by atoms with E-state index in [1.54, 1.807) is 31.2 Å². The van der Waals surface area contributed by atoms with Gasteiger partial charge in [-0.15, -0.1) is 0 Å². The van der Waals surface area contributed by atoms with E-state index in [0.717, 1.165) is 5.56 Å². The molecule has 0 aromatic heterocycles. The van der Waals surface area contributed by atoms with E-state index in [-0.39, 0.29) is 16.4 Å². The summed E-state index contributed by atoms with van der Waals surface area (Å²) >= 11 is 5.07. The van der Waals surface area contributed by atoms with Gasteiger partial charge in [0.05, 0.1) is 11.8 Å². The van der Waals surface area contributed by atoms with Gasteiger partial charge < -0.3 is 15.5 Å². The maximum absolute atomic E-state index is 10.9. The third-order valence-corrected chi connectivity index (χ3v) is 3.20. The number of anilines is 1. The van der Waals surface area contributed by atoms with Gasteiger partial charge in [0, 0.05) is 11.3 Å². The van der Waals surface area contributed by atoms with E-state index in [0.29, 0.717) is 11.3 Å². The molecule has 0 heterocycles. The molecule has 0 aliphatic rings. The number of thiocarbonyl (C=S) groups is 1. The SMILES string of the molecule is Cc1cccc(C=NNC(=S)Nc2cccc(C(=O)O)c2)c1O. The third-order valence-electron chi connectivity index (χ3n) is 3.01. The van der Waals surface area contributed by atoms with E-state index >= 15 is 0 Å². The van der Waals surface area contributed by atoms with Gasteiger partial charge in [0.2, 0.25) is 0 Å². The van der Waals surface area contributed by atoms with Crippen molar-refractivity contribution < 1.29 is 15.0 Å². The van der Waals surface area contributed by atoms with Gasteiger partial charge in [-0.3, -0.25) is 5.43 Å². The first kappa shape index (κ1) is 16.4. The van der Waals surface area contributed by atoms with Crippen molar-refractivity contribution in [1.82, 2.24) is 5.43 Å². The van der Waals surface area contributed by atoms with Gasteiger partial charge in [-0.25, -0.2) is 4.79 Å². The molecule has 0 aliphatic carbocycles.